The number of likely N-dealkylation sites (tertiary alicyclic amines) is 1. The van der Waals surface area contributed by atoms with Crippen molar-refractivity contribution in [1.29, 1.82) is 0 Å². The number of fused-ring (bicyclic) bond motifs is 1. The van der Waals surface area contributed by atoms with Crippen LogP contribution < -0.4 is 0 Å². The normalized spacial score (nSPS) is 30.1. The van der Waals surface area contributed by atoms with Crippen molar-refractivity contribution in [2.24, 2.45) is 17.8 Å². The van der Waals surface area contributed by atoms with E-state index < -0.39 is 0 Å². The van der Waals surface area contributed by atoms with Gasteiger partial charge in [-0.2, -0.15) is 0 Å². The third kappa shape index (κ3) is 1.59. The minimum absolute atomic E-state index is 0.00745. The fraction of sp³-hybridized carbons (Fsp3) is 0.333. The number of hydrogen-bond donors (Lipinski definition) is 0. The second kappa shape index (κ2) is 4.23. The third-order valence-electron chi connectivity index (χ3n) is 3.95. The zero-order valence-electron chi connectivity index (χ0n) is 10.7. The van der Waals surface area contributed by atoms with Gasteiger partial charge >= 0.3 is 0 Å². The van der Waals surface area contributed by atoms with E-state index >= 15 is 0 Å². The van der Waals surface area contributed by atoms with Crippen molar-refractivity contribution in [2.45, 2.75) is 13.5 Å². The van der Waals surface area contributed by atoms with Crippen LogP contribution in [0.3, 0.4) is 0 Å². The van der Waals surface area contributed by atoms with Crippen molar-refractivity contribution in [1.82, 2.24) is 4.90 Å². The van der Waals surface area contributed by atoms with E-state index in [9.17, 15) is 9.59 Å². The lowest BCUT2D eigenvalue weighted by Crippen LogP contribution is -2.40. The van der Waals surface area contributed by atoms with Crippen LogP contribution >= 0.6 is 0 Å². The summed E-state index contributed by atoms with van der Waals surface area (Å²) in [6, 6.07) is 3.51. The topological polar surface area (TPSA) is 50.5 Å². The Bertz CT molecular complexity index is 570. The van der Waals surface area contributed by atoms with E-state index in [0.717, 1.165) is 5.57 Å². The van der Waals surface area contributed by atoms with Crippen LogP contribution in [0.25, 0.3) is 0 Å². The van der Waals surface area contributed by atoms with E-state index in [1.807, 2.05) is 19.1 Å². The molecule has 0 radical (unpaired) electrons. The summed E-state index contributed by atoms with van der Waals surface area (Å²) in [4.78, 5) is 25.9. The number of carbonyl (C=O) groups is 2. The van der Waals surface area contributed by atoms with E-state index in [2.05, 4.69) is 6.58 Å². The standard InChI is InChI=1S/C15H15NO3/c1-3-5-11-9(2)12-13(11)15(18)16(14(12)17)8-10-6-4-7-19-10/h3-7,11-13H,2,8H2,1H3/b5-3-. The summed E-state index contributed by atoms with van der Waals surface area (Å²) in [6.45, 7) is 6.07. The summed E-state index contributed by atoms with van der Waals surface area (Å²) < 4.78 is 5.20. The summed E-state index contributed by atoms with van der Waals surface area (Å²) in [6.07, 6.45) is 5.39. The van der Waals surface area contributed by atoms with Gasteiger partial charge in [-0.25, -0.2) is 0 Å². The second-order valence-electron chi connectivity index (χ2n) is 4.97. The summed E-state index contributed by atoms with van der Waals surface area (Å²) in [5, 5.41) is 0. The Kier molecular flexibility index (Phi) is 2.66. The summed E-state index contributed by atoms with van der Waals surface area (Å²) in [7, 11) is 0. The van der Waals surface area contributed by atoms with E-state index in [4.69, 9.17) is 4.42 Å². The first-order valence-corrected chi connectivity index (χ1v) is 6.34. The maximum absolute atomic E-state index is 12.3. The van der Waals surface area contributed by atoms with Crippen molar-refractivity contribution in [3.05, 3.63) is 48.5 Å². The van der Waals surface area contributed by atoms with Gasteiger partial charge in [-0.1, -0.05) is 24.3 Å². The lowest BCUT2D eigenvalue weighted by Gasteiger charge is -2.37. The highest BCUT2D eigenvalue weighted by Gasteiger charge is 2.59. The quantitative estimate of drug-likeness (QED) is 0.615. The molecule has 3 unspecified atom stereocenters. The Labute approximate surface area is 111 Å². The van der Waals surface area contributed by atoms with Crippen LogP contribution in [0.4, 0.5) is 0 Å². The van der Waals surface area contributed by atoms with Crippen LogP contribution in [0.5, 0.6) is 0 Å². The molecule has 2 fully saturated rings. The van der Waals surface area contributed by atoms with Gasteiger partial charge in [0.05, 0.1) is 24.6 Å². The number of carbonyl (C=O) groups excluding carboxylic acids is 2. The van der Waals surface area contributed by atoms with Crippen LogP contribution in [-0.2, 0) is 16.1 Å². The number of allylic oxidation sites excluding steroid dienone is 2. The number of hydrogen-bond acceptors (Lipinski definition) is 3. The van der Waals surface area contributed by atoms with Gasteiger partial charge in [0.25, 0.3) is 0 Å². The first-order valence-electron chi connectivity index (χ1n) is 6.34. The van der Waals surface area contributed by atoms with Gasteiger partial charge in [0.15, 0.2) is 0 Å². The zero-order valence-corrected chi connectivity index (χ0v) is 10.7. The Morgan fingerprint density at radius 1 is 1.42 bits per heavy atom. The van der Waals surface area contributed by atoms with Crippen LogP contribution in [0.15, 0.2) is 47.1 Å². The SMILES string of the molecule is C=C1C(/C=C\C)C2C(=O)N(Cc3ccco3)C(=O)C12. The molecule has 19 heavy (non-hydrogen) atoms. The third-order valence-corrected chi connectivity index (χ3v) is 3.95. The minimum atomic E-state index is -0.330. The van der Waals surface area contributed by atoms with Crippen molar-refractivity contribution >= 4 is 11.8 Å². The van der Waals surface area contributed by atoms with Crippen molar-refractivity contribution in [3.8, 4) is 0 Å². The molecule has 2 aliphatic rings. The average Bonchev–Trinajstić information content (AvgIpc) is 2.96. The summed E-state index contributed by atoms with van der Waals surface area (Å²) >= 11 is 0. The zero-order chi connectivity index (χ0) is 13.6. The molecule has 0 spiro atoms. The highest BCUT2D eigenvalue weighted by atomic mass is 16.3. The maximum Gasteiger partial charge on any atom is 0.237 e. The first-order chi connectivity index (χ1) is 9.15. The smallest absolute Gasteiger partial charge is 0.237 e. The molecule has 2 amide bonds. The van der Waals surface area contributed by atoms with Gasteiger partial charge in [-0.15, -0.1) is 0 Å². The first kappa shape index (κ1) is 12.0. The molecule has 0 aromatic carbocycles. The van der Waals surface area contributed by atoms with Crippen LogP contribution in [0, 0.1) is 17.8 Å². The van der Waals surface area contributed by atoms with Crippen molar-refractivity contribution in [2.75, 3.05) is 0 Å². The Balaban J connectivity index is 1.84. The van der Waals surface area contributed by atoms with Crippen molar-refractivity contribution in [3.63, 3.8) is 0 Å². The molecule has 4 nitrogen and oxygen atoms in total. The van der Waals surface area contributed by atoms with E-state index in [0.29, 0.717) is 5.76 Å². The highest BCUT2D eigenvalue weighted by Crippen LogP contribution is 2.51. The molecule has 1 aliphatic heterocycles. The lowest BCUT2D eigenvalue weighted by molar-refractivity contribution is -0.140. The maximum atomic E-state index is 12.3. The molecular weight excluding hydrogens is 242 g/mol. The highest BCUT2D eigenvalue weighted by molar-refractivity contribution is 6.09. The molecular formula is C15H15NO3. The molecule has 0 N–H and O–H groups in total. The predicted octanol–water partition coefficient (Wildman–Crippen LogP) is 2.14. The van der Waals surface area contributed by atoms with E-state index in [-0.39, 0.29) is 36.1 Å². The second-order valence-corrected chi connectivity index (χ2v) is 4.97. The molecule has 0 bridgehead atoms. The number of imide groups is 1. The Morgan fingerprint density at radius 3 is 2.84 bits per heavy atom. The molecule has 1 saturated heterocycles. The van der Waals surface area contributed by atoms with Gasteiger partial charge in [-0.05, 0) is 19.1 Å². The van der Waals surface area contributed by atoms with Gasteiger partial charge in [0.2, 0.25) is 11.8 Å². The number of nitrogens with zero attached hydrogens (tertiary/aromatic N) is 1. The fourth-order valence-corrected chi connectivity index (χ4v) is 2.99. The van der Waals surface area contributed by atoms with Gasteiger partial charge in [0.1, 0.15) is 5.76 Å². The number of amides is 2. The van der Waals surface area contributed by atoms with Crippen LogP contribution in [-0.4, -0.2) is 16.7 Å². The fourth-order valence-electron chi connectivity index (χ4n) is 2.99. The van der Waals surface area contributed by atoms with E-state index in [1.54, 1.807) is 12.1 Å². The molecule has 1 aromatic heterocycles. The van der Waals surface area contributed by atoms with Crippen molar-refractivity contribution < 1.29 is 14.0 Å². The number of furan rings is 1. The largest absolute Gasteiger partial charge is 0.467 e. The Morgan fingerprint density at radius 2 is 2.21 bits per heavy atom. The summed E-state index contributed by atoms with van der Waals surface area (Å²) in [5.41, 5.74) is 0.850. The van der Waals surface area contributed by atoms with Gasteiger partial charge in [0, 0.05) is 5.92 Å². The van der Waals surface area contributed by atoms with E-state index in [1.165, 1.54) is 11.2 Å². The minimum Gasteiger partial charge on any atom is -0.467 e. The molecule has 3 rings (SSSR count). The van der Waals surface area contributed by atoms with Crippen LogP contribution in [0.2, 0.25) is 0 Å². The predicted molar refractivity (Wildman–Crippen MR) is 68.7 cm³/mol. The lowest BCUT2D eigenvalue weighted by atomic mass is 9.62. The molecule has 2 heterocycles. The van der Waals surface area contributed by atoms with Gasteiger partial charge in [-0.3, -0.25) is 14.5 Å². The molecule has 1 saturated carbocycles. The molecule has 1 aliphatic carbocycles. The monoisotopic (exact) mass is 257 g/mol. The summed E-state index contributed by atoms with van der Waals surface area (Å²) in [5.74, 6) is -0.210. The average molecular weight is 257 g/mol. The van der Waals surface area contributed by atoms with Gasteiger partial charge < -0.3 is 4.42 Å². The van der Waals surface area contributed by atoms with Crippen LogP contribution in [0.1, 0.15) is 12.7 Å². The Hall–Kier alpha value is -2.10. The molecule has 4 heteroatoms. The molecule has 98 valence electrons. The molecule has 1 aromatic rings. The molecule has 3 atom stereocenters. The number of rotatable bonds is 3.